The Bertz CT molecular complexity index is 536. The fraction of sp³-hybridized carbons (Fsp3) is 0.188. The Morgan fingerprint density at radius 3 is 1.95 bits per heavy atom. The highest BCUT2D eigenvalue weighted by molar-refractivity contribution is 5.77. The number of ether oxygens (including phenoxy) is 2. The van der Waals surface area contributed by atoms with Gasteiger partial charge >= 0.3 is 0 Å². The van der Waals surface area contributed by atoms with E-state index in [0.717, 1.165) is 33.8 Å². The van der Waals surface area contributed by atoms with Crippen LogP contribution in [0.5, 0.6) is 11.5 Å². The van der Waals surface area contributed by atoms with Crippen molar-refractivity contribution in [3.05, 3.63) is 54.4 Å². The van der Waals surface area contributed by atoms with E-state index in [2.05, 4.69) is 6.92 Å². The third kappa shape index (κ3) is 2.71. The van der Waals surface area contributed by atoms with Gasteiger partial charge in [0.05, 0.1) is 19.8 Å². The topological polar surface area (TPSA) is 44.5 Å². The van der Waals surface area contributed by atoms with Crippen molar-refractivity contribution in [2.45, 2.75) is 6.54 Å². The van der Waals surface area contributed by atoms with Crippen LogP contribution in [0, 0.1) is 6.92 Å². The highest BCUT2D eigenvalue weighted by Crippen LogP contribution is 2.39. The number of hydrogen-bond acceptors (Lipinski definition) is 3. The van der Waals surface area contributed by atoms with Gasteiger partial charge in [-0.2, -0.15) is 0 Å². The van der Waals surface area contributed by atoms with Crippen molar-refractivity contribution >= 4 is 0 Å². The molecule has 0 saturated heterocycles. The summed E-state index contributed by atoms with van der Waals surface area (Å²) in [5.41, 5.74) is 9.60. The van der Waals surface area contributed by atoms with Crippen molar-refractivity contribution in [3.8, 4) is 22.6 Å². The molecule has 0 aromatic heterocycles. The molecular formula is C16H18NO2. The van der Waals surface area contributed by atoms with Gasteiger partial charge in [0.1, 0.15) is 11.5 Å². The quantitative estimate of drug-likeness (QED) is 0.914. The molecule has 19 heavy (non-hydrogen) atoms. The molecule has 2 N–H and O–H groups in total. The first-order valence-corrected chi connectivity index (χ1v) is 6.07. The predicted octanol–water partition coefficient (Wildman–Crippen LogP) is 3.01. The molecule has 2 aromatic rings. The fourth-order valence-electron chi connectivity index (χ4n) is 2.04. The SMILES string of the molecule is [CH2]c1ccc(-c2c(OC)cc(CN)cc2OC)cc1. The van der Waals surface area contributed by atoms with E-state index in [1.165, 1.54) is 0 Å². The maximum Gasteiger partial charge on any atom is 0.130 e. The molecule has 2 aromatic carbocycles. The van der Waals surface area contributed by atoms with Gasteiger partial charge in [-0.05, 0) is 35.7 Å². The molecule has 3 heteroatoms. The molecule has 0 heterocycles. The smallest absolute Gasteiger partial charge is 0.130 e. The van der Waals surface area contributed by atoms with Crippen LogP contribution in [0.3, 0.4) is 0 Å². The van der Waals surface area contributed by atoms with Gasteiger partial charge in [0, 0.05) is 6.54 Å². The largest absolute Gasteiger partial charge is 0.496 e. The van der Waals surface area contributed by atoms with Crippen molar-refractivity contribution in [2.24, 2.45) is 5.73 Å². The highest BCUT2D eigenvalue weighted by Gasteiger charge is 2.14. The predicted molar refractivity (Wildman–Crippen MR) is 77.3 cm³/mol. The average molecular weight is 256 g/mol. The zero-order chi connectivity index (χ0) is 13.8. The molecule has 2 rings (SSSR count). The van der Waals surface area contributed by atoms with Gasteiger partial charge in [0.2, 0.25) is 0 Å². The van der Waals surface area contributed by atoms with E-state index in [9.17, 15) is 0 Å². The summed E-state index contributed by atoms with van der Waals surface area (Å²) in [5, 5.41) is 0. The molecule has 0 aliphatic heterocycles. The average Bonchev–Trinajstić information content (AvgIpc) is 2.46. The Kier molecular flexibility index (Phi) is 4.07. The van der Waals surface area contributed by atoms with Crippen LogP contribution in [-0.2, 0) is 6.54 Å². The maximum absolute atomic E-state index is 5.69. The fourth-order valence-corrected chi connectivity index (χ4v) is 2.04. The number of rotatable bonds is 4. The summed E-state index contributed by atoms with van der Waals surface area (Å²) in [6, 6.07) is 11.8. The number of methoxy groups -OCH3 is 2. The molecule has 0 bridgehead atoms. The summed E-state index contributed by atoms with van der Waals surface area (Å²) in [4.78, 5) is 0. The van der Waals surface area contributed by atoms with Crippen LogP contribution in [0.1, 0.15) is 11.1 Å². The molecule has 0 spiro atoms. The minimum atomic E-state index is 0.449. The van der Waals surface area contributed by atoms with E-state index in [0.29, 0.717) is 6.54 Å². The third-order valence-corrected chi connectivity index (χ3v) is 3.04. The molecule has 0 aliphatic rings. The van der Waals surface area contributed by atoms with Gasteiger partial charge < -0.3 is 15.2 Å². The third-order valence-electron chi connectivity index (χ3n) is 3.04. The van der Waals surface area contributed by atoms with Crippen LogP contribution in [0.4, 0.5) is 0 Å². The second-order valence-corrected chi connectivity index (χ2v) is 4.28. The van der Waals surface area contributed by atoms with Crippen molar-refractivity contribution in [1.82, 2.24) is 0 Å². The molecule has 0 atom stereocenters. The number of nitrogens with two attached hydrogens (primary N) is 1. The summed E-state index contributed by atoms with van der Waals surface area (Å²) in [6.45, 7) is 4.34. The molecule has 0 fully saturated rings. The zero-order valence-electron chi connectivity index (χ0n) is 11.3. The van der Waals surface area contributed by atoms with Gasteiger partial charge in [0.25, 0.3) is 0 Å². The van der Waals surface area contributed by atoms with Crippen LogP contribution >= 0.6 is 0 Å². The highest BCUT2D eigenvalue weighted by atomic mass is 16.5. The lowest BCUT2D eigenvalue weighted by Crippen LogP contribution is -2.00. The van der Waals surface area contributed by atoms with Crippen molar-refractivity contribution in [3.63, 3.8) is 0 Å². The standard InChI is InChI=1S/C16H18NO2/c1-11-4-6-13(7-5-11)16-14(18-2)8-12(10-17)9-15(16)19-3/h4-9H,1,10,17H2,2-3H3. The van der Waals surface area contributed by atoms with Crippen molar-refractivity contribution in [1.29, 1.82) is 0 Å². The van der Waals surface area contributed by atoms with E-state index in [-0.39, 0.29) is 0 Å². The summed E-state index contributed by atoms with van der Waals surface area (Å²) < 4.78 is 10.9. The number of hydrogen-bond donors (Lipinski definition) is 1. The van der Waals surface area contributed by atoms with Gasteiger partial charge in [0.15, 0.2) is 0 Å². The summed E-state index contributed by atoms with van der Waals surface area (Å²) in [7, 11) is 3.29. The Morgan fingerprint density at radius 1 is 1.00 bits per heavy atom. The van der Waals surface area contributed by atoms with Crippen LogP contribution in [0.25, 0.3) is 11.1 Å². The first kappa shape index (κ1) is 13.4. The number of benzene rings is 2. The van der Waals surface area contributed by atoms with E-state index in [4.69, 9.17) is 15.2 Å². The minimum Gasteiger partial charge on any atom is -0.496 e. The van der Waals surface area contributed by atoms with Crippen LogP contribution in [0.15, 0.2) is 36.4 Å². The van der Waals surface area contributed by atoms with Gasteiger partial charge in [-0.25, -0.2) is 0 Å². The summed E-state index contributed by atoms with van der Waals surface area (Å²) in [6.07, 6.45) is 0. The second kappa shape index (κ2) is 5.76. The van der Waals surface area contributed by atoms with Crippen LogP contribution < -0.4 is 15.2 Å². The monoisotopic (exact) mass is 256 g/mol. The first-order valence-electron chi connectivity index (χ1n) is 6.07. The molecule has 3 nitrogen and oxygen atoms in total. The molecule has 0 unspecified atom stereocenters. The second-order valence-electron chi connectivity index (χ2n) is 4.28. The summed E-state index contributed by atoms with van der Waals surface area (Å²) >= 11 is 0. The minimum absolute atomic E-state index is 0.449. The Balaban J connectivity index is 2.63. The lowest BCUT2D eigenvalue weighted by Gasteiger charge is -2.15. The molecule has 0 aliphatic carbocycles. The van der Waals surface area contributed by atoms with Gasteiger partial charge in [-0.3, -0.25) is 0 Å². The molecule has 0 saturated carbocycles. The maximum atomic E-state index is 5.69. The van der Waals surface area contributed by atoms with Crippen LogP contribution in [-0.4, -0.2) is 14.2 Å². The van der Waals surface area contributed by atoms with E-state index in [1.807, 2.05) is 36.4 Å². The van der Waals surface area contributed by atoms with Crippen molar-refractivity contribution < 1.29 is 9.47 Å². The van der Waals surface area contributed by atoms with Gasteiger partial charge in [-0.15, -0.1) is 0 Å². The normalized spacial score (nSPS) is 10.3. The molecule has 1 radical (unpaired) electrons. The first-order chi connectivity index (χ1) is 9.19. The molecule has 0 amide bonds. The lowest BCUT2D eigenvalue weighted by atomic mass is 10.00. The Labute approximate surface area is 114 Å². The summed E-state index contributed by atoms with van der Waals surface area (Å²) in [5.74, 6) is 1.52. The van der Waals surface area contributed by atoms with Crippen molar-refractivity contribution in [2.75, 3.05) is 14.2 Å². The van der Waals surface area contributed by atoms with Crippen LogP contribution in [0.2, 0.25) is 0 Å². The van der Waals surface area contributed by atoms with Gasteiger partial charge in [-0.1, -0.05) is 24.3 Å². The van der Waals surface area contributed by atoms with E-state index < -0.39 is 0 Å². The van der Waals surface area contributed by atoms with E-state index >= 15 is 0 Å². The van der Waals surface area contributed by atoms with E-state index in [1.54, 1.807) is 14.2 Å². The lowest BCUT2D eigenvalue weighted by molar-refractivity contribution is 0.396. The zero-order valence-corrected chi connectivity index (χ0v) is 11.3. The Hall–Kier alpha value is -2.00. The Morgan fingerprint density at radius 2 is 1.53 bits per heavy atom. The molecule has 99 valence electrons. The molecular weight excluding hydrogens is 238 g/mol.